The number of benzene rings is 2. The summed E-state index contributed by atoms with van der Waals surface area (Å²) < 4.78 is 0. The van der Waals surface area contributed by atoms with Crippen molar-refractivity contribution in [1.82, 2.24) is 0 Å². The van der Waals surface area contributed by atoms with Gasteiger partial charge in [-0.15, -0.1) is 0 Å². The first-order valence-corrected chi connectivity index (χ1v) is 9.59. The Bertz CT molecular complexity index is 549. The molecule has 1 heteroatoms. The lowest BCUT2D eigenvalue weighted by Gasteiger charge is -2.19. The van der Waals surface area contributed by atoms with Crippen LogP contribution in [-0.4, -0.2) is 6.26 Å². The summed E-state index contributed by atoms with van der Waals surface area (Å²) in [4.78, 5) is 2.83. The molecule has 0 saturated carbocycles. The lowest BCUT2D eigenvalue weighted by molar-refractivity contribution is 0.589. The summed E-state index contributed by atoms with van der Waals surface area (Å²) in [5, 5.41) is 0. The predicted molar refractivity (Wildman–Crippen MR) is 100 cm³/mol. The van der Waals surface area contributed by atoms with Gasteiger partial charge in [-0.3, -0.25) is 0 Å². The van der Waals surface area contributed by atoms with Crippen molar-refractivity contribution in [2.75, 3.05) is 6.26 Å². The molecule has 0 saturated heterocycles. The summed E-state index contributed by atoms with van der Waals surface area (Å²) in [6.07, 6.45) is 2.32. The SMILES string of the molecule is C[S+](c1ccc(C(C)(C)C)cc1)c1ccc(C(C)(C)C)cc1. The Morgan fingerprint density at radius 2 is 0.818 bits per heavy atom. The van der Waals surface area contributed by atoms with E-state index < -0.39 is 0 Å². The van der Waals surface area contributed by atoms with Crippen LogP contribution in [0.5, 0.6) is 0 Å². The Morgan fingerprint density at radius 1 is 0.545 bits per heavy atom. The van der Waals surface area contributed by atoms with Crippen LogP contribution in [0.1, 0.15) is 52.7 Å². The summed E-state index contributed by atoms with van der Waals surface area (Å²) in [5.41, 5.74) is 3.24. The van der Waals surface area contributed by atoms with Gasteiger partial charge in [-0.25, -0.2) is 0 Å². The number of rotatable bonds is 2. The van der Waals surface area contributed by atoms with Gasteiger partial charge in [-0.05, 0) is 46.2 Å². The van der Waals surface area contributed by atoms with E-state index in [-0.39, 0.29) is 21.7 Å². The van der Waals surface area contributed by atoms with Gasteiger partial charge in [0.1, 0.15) is 6.26 Å². The highest BCUT2D eigenvalue weighted by Gasteiger charge is 2.22. The van der Waals surface area contributed by atoms with E-state index in [0.29, 0.717) is 0 Å². The highest BCUT2D eigenvalue weighted by atomic mass is 32.2. The molecule has 0 radical (unpaired) electrons. The van der Waals surface area contributed by atoms with Crippen molar-refractivity contribution < 1.29 is 0 Å². The van der Waals surface area contributed by atoms with Gasteiger partial charge in [0.25, 0.3) is 0 Å². The zero-order valence-corrected chi connectivity index (χ0v) is 15.8. The van der Waals surface area contributed by atoms with Gasteiger partial charge in [-0.2, -0.15) is 0 Å². The molecule has 0 bridgehead atoms. The minimum absolute atomic E-state index is 0.133. The molecule has 0 unspecified atom stereocenters. The Balaban J connectivity index is 2.23. The van der Waals surface area contributed by atoms with Gasteiger partial charge in [0.15, 0.2) is 9.79 Å². The van der Waals surface area contributed by atoms with Crippen LogP contribution in [0, 0.1) is 0 Å². The van der Waals surface area contributed by atoms with Gasteiger partial charge < -0.3 is 0 Å². The van der Waals surface area contributed by atoms with Crippen LogP contribution in [0.15, 0.2) is 58.3 Å². The molecule has 0 nitrogen and oxygen atoms in total. The molecule has 0 aliphatic rings. The second-order valence-electron chi connectivity index (χ2n) is 8.06. The zero-order valence-electron chi connectivity index (χ0n) is 15.0. The molecule has 118 valence electrons. The normalized spacial score (nSPS) is 12.7. The van der Waals surface area contributed by atoms with Gasteiger partial charge in [0.2, 0.25) is 0 Å². The van der Waals surface area contributed by atoms with E-state index >= 15 is 0 Å². The van der Waals surface area contributed by atoms with Crippen molar-refractivity contribution >= 4 is 10.9 Å². The van der Waals surface area contributed by atoms with E-state index in [2.05, 4.69) is 96.3 Å². The fourth-order valence-electron chi connectivity index (χ4n) is 2.45. The molecule has 0 aromatic heterocycles. The lowest BCUT2D eigenvalue weighted by atomic mass is 9.87. The molecule has 0 N–H and O–H groups in total. The first-order valence-electron chi connectivity index (χ1n) is 7.96. The Morgan fingerprint density at radius 3 is 1.05 bits per heavy atom. The van der Waals surface area contributed by atoms with Crippen LogP contribution < -0.4 is 0 Å². The third-order valence-corrected chi connectivity index (χ3v) is 6.11. The first kappa shape index (κ1) is 17.1. The molecule has 0 heterocycles. The van der Waals surface area contributed by atoms with Gasteiger partial charge in [0, 0.05) is 0 Å². The molecule has 0 aliphatic carbocycles. The van der Waals surface area contributed by atoms with E-state index in [1.807, 2.05) is 0 Å². The summed E-state index contributed by atoms with van der Waals surface area (Å²) in [7, 11) is 0.133. The quantitative estimate of drug-likeness (QED) is 0.601. The van der Waals surface area contributed by atoms with E-state index in [1.165, 1.54) is 20.9 Å². The van der Waals surface area contributed by atoms with E-state index in [9.17, 15) is 0 Å². The van der Waals surface area contributed by atoms with Crippen LogP contribution in [0.4, 0.5) is 0 Å². The van der Waals surface area contributed by atoms with E-state index in [0.717, 1.165) is 0 Å². The molecular weight excluding hydrogens is 284 g/mol. The average Bonchev–Trinajstić information content (AvgIpc) is 2.45. The van der Waals surface area contributed by atoms with Crippen molar-refractivity contribution in [3.63, 3.8) is 0 Å². The number of hydrogen-bond donors (Lipinski definition) is 0. The maximum atomic E-state index is 2.32. The minimum Gasteiger partial charge on any atom is -0.0561 e. The van der Waals surface area contributed by atoms with E-state index in [1.54, 1.807) is 0 Å². The molecule has 22 heavy (non-hydrogen) atoms. The van der Waals surface area contributed by atoms with Crippen molar-refractivity contribution in [3.05, 3.63) is 59.7 Å². The van der Waals surface area contributed by atoms with Crippen LogP contribution in [-0.2, 0) is 21.7 Å². The van der Waals surface area contributed by atoms with Crippen LogP contribution in [0.3, 0.4) is 0 Å². The van der Waals surface area contributed by atoms with Gasteiger partial charge in [-0.1, -0.05) is 65.8 Å². The number of hydrogen-bond acceptors (Lipinski definition) is 0. The molecular formula is C21H29S+. The third-order valence-electron chi connectivity index (χ3n) is 4.15. The molecule has 0 aliphatic heterocycles. The fraction of sp³-hybridized carbons (Fsp3) is 0.429. The van der Waals surface area contributed by atoms with Gasteiger partial charge in [0.05, 0.1) is 10.9 Å². The smallest absolute Gasteiger partial charge is 0.0561 e. The molecule has 2 rings (SSSR count). The summed E-state index contributed by atoms with van der Waals surface area (Å²) in [6, 6.07) is 18.3. The van der Waals surface area contributed by atoms with Gasteiger partial charge >= 0.3 is 0 Å². The summed E-state index contributed by atoms with van der Waals surface area (Å²) >= 11 is 0. The monoisotopic (exact) mass is 313 g/mol. The largest absolute Gasteiger partial charge is 0.160 e. The summed E-state index contributed by atoms with van der Waals surface area (Å²) in [6.45, 7) is 13.6. The molecule has 2 aromatic carbocycles. The van der Waals surface area contributed by atoms with Crippen molar-refractivity contribution in [3.8, 4) is 0 Å². The maximum absolute atomic E-state index is 2.32. The van der Waals surface area contributed by atoms with Crippen molar-refractivity contribution in [1.29, 1.82) is 0 Å². The molecule has 2 aromatic rings. The molecule has 0 atom stereocenters. The highest BCUT2D eigenvalue weighted by molar-refractivity contribution is 7.96. The van der Waals surface area contributed by atoms with E-state index in [4.69, 9.17) is 0 Å². The first-order chi connectivity index (χ1) is 10.1. The van der Waals surface area contributed by atoms with Crippen molar-refractivity contribution in [2.24, 2.45) is 0 Å². The third kappa shape index (κ3) is 3.95. The minimum atomic E-state index is 0.133. The lowest BCUT2D eigenvalue weighted by Crippen LogP contribution is -2.12. The highest BCUT2D eigenvalue weighted by Crippen LogP contribution is 2.28. The topological polar surface area (TPSA) is 0 Å². The fourth-order valence-corrected chi connectivity index (χ4v) is 3.82. The van der Waals surface area contributed by atoms with Crippen LogP contribution in [0.2, 0.25) is 0 Å². The zero-order chi connectivity index (χ0) is 16.5. The maximum Gasteiger partial charge on any atom is 0.160 e. The second-order valence-corrected chi connectivity index (χ2v) is 10.0. The Labute approximate surface area is 139 Å². The average molecular weight is 314 g/mol. The molecule has 0 fully saturated rings. The Hall–Kier alpha value is -1.21. The predicted octanol–water partition coefficient (Wildman–Crippen LogP) is 5.95. The summed E-state index contributed by atoms with van der Waals surface area (Å²) in [5.74, 6) is 0. The second kappa shape index (κ2) is 6.12. The van der Waals surface area contributed by atoms with Crippen LogP contribution >= 0.6 is 0 Å². The van der Waals surface area contributed by atoms with Crippen LogP contribution in [0.25, 0.3) is 0 Å². The standard InChI is InChI=1S/C21H29S/c1-20(2,3)16-8-12-18(13-9-16)22(7)19-14-10-17(11-15-19)21(4,5)6/h8-15H,1-7H3/q+1. The molecule has 0 amide bonds. The van der Waals surface area contributed by atoms with Crippen molar-refractivity contribution in [2.45, 2.75) is 62.2 Å². The molecule has 0 spiro atoms. The Kier molecular flexibility index (Phi) is 4.77.